The van der Waals surface area contributed by atoms with Crippen molar-refractivity contribution < 1.29 is 34.4 Å². The first-order chi connectivity index (χ1) is 14.9. The van der Waals surface area contributed by atoms with E-state index in [0.717, 1.165) is 25.2 Å². The van der Waals surface area contributed by atoms with Gasteiger partial charge in [-0.05, 0) is 12.3 Å². The number of carbonyl (C=O) groups excluding carboxylic acids is 2. The Kier molecular flexibility index (Phi) is 14.2. The Hall–Kier alpha value is -1.60. The van der Waals surface area contributed by atoms with Gasteiger partial charge in [-0.1, -0.05) is 90.9 Å². The lowest BCUT2D eigenvalue weighted by molar-refractivity contribution is -0.151. The molecule has 0 unspecified atom stereocenters. The van der Waals surface area contributed by atoms with E-state index in [9.17, 15) is 19.8 Å². The molecule has 1 rings (SSSR count). The van der Waals surface area contributed by atoms with Crippen LogP contribution in [0.1, 0.15) is 104 Å². The molecule has 0 fully saturated rings. The molecule has 0 saturated heterocycles. The van der Waals surface area contributed by atoms with E-state index in [1.807, 2.05) is 0 Å². The van der Waals surface area contributed by atoms with Crippen LogP contribution in [0.2, 0.25) is 0 Å². The highest BCUT2D eigenvalue weighted by molar-refractivity contribution is 5.90. The van der Waals surface area contributed by atoms with E-state index in [1.165, 1.54) is 57.8 Å². The maximum absolute atomic E-state index is 12.0. The van der Waals surface area contributed by atoms with Crippen LogP contribution in [-0.4, -0.2) is 46.1 Å². The molecule has 0 amide bonds. The normalized spacial score (nSPS) is 17.3. The molecule has 0 aromatic heterocycles. The Balaban J connectivity index is 2.01. The molecular weight excluding hydrogens is 400 g/mol. The lowest BCUT2D eigenvalue weighted by atomic mass is 10.0. The van der Waals surface area contributed by atoms with Crippen LogP contribution in [0, 0.1) is 5.92 Å². The molecular formula is C24H42O7. The van der Waals surface area contributed by atoms with E-state index in [2.05, 4.69) is 13.8 Å². The lowest BCUT2D eigenvalue weighted by Crippen LogP contribution is -2.33. The SMILES string of the molecule is CC(C)CCCCCCCCCCCCCCC(=O)OC1=C(O)C(=O)O[C@@H]1[C@@H](O)CO. The Morgan fingerprint density at radius 1 is 0.935 bits per heavy atom. The number of hydrogen-bond donors (Lipinski definition) is 3. The highest BCUT2D eigenvalue weighted by Gasteiger charge is 2.41. The number of rotatable bonds is 18. The summed E-state index contributed by atoms with van der Waals surface area (Å²) in [6.07, 6.45) is 13.0. The molecule has 31 heavy (non-hydrogen) atoms. The summed E-state index contributed by atoms with van der Waals surface area (Å²) in [7, 11) is 0. The van der Waals surface area contributed by atoms with E-state index >= 15 is 0 Å². The van der Waals surface area contributed by atoms with E-state index in [4.69, 9.17) is 14.6 Å². The number of cyclic esters (lactones) is 1. The summed E-state index contributed by atoms with van der Waals surface area (Å²) >= 11 is 0. The van der Waals surface area contributed by atoms with Crippen LogP contribution in [-0.2, 0) is 19.1 Å². The van der Waals surface area contributed by atoms with Gasteiger partial charge >= 0.3 is 11.9 Å². The minimum Gasteiger partial charge on any atom is -0.499 e. The van der Waals surface area contributed by atoms with Gasteiger partial charge in [0.05, 0.1) is 6.61 Å². The van der Waals surface area contributed by atoms with Crippen molar-refractivity contribution >= 4 is 11.9 Å². The first kappa shape index (κ1) is 27.4. The molecule has 0 spiro atoms. The molecule has 2 atom stereocenters. The molecule has 1 aliphatic heterocycles. The van der Waals surface area contributed by atoms with Gasteiger partial charge in [-0.3, -0.25) is 4.79 Å². The molecule has 7 nitrogen and oxygen atoms in total. The number of ether oxygens (including phenoxy) is 2. The first-order valence-electron chi connectivity index (χ1n) is 12.0. The van der Waals surface area contributed by atoms with Gasteiger partial charge in [0, 0.05) is 6.42 Å². The van der Waals surface area contributed by atoms with Crippen molar-refractivity contribution in [3.63, 3.8) is 0 Å². The molecule has 0 radical (unpaired) electrons. The maximum atomic E-state index is 12.0. The molecule has 0 aromatic rings. The van der Waals surface area contributed by atoms with Crippen molar-refractivity contribution in [3.8, 4) is 0 Å². The van der Waals surface area contributed by atoms with Gasteiger partial charge < -0.3 is 24.8 Å². The molecule has 3 N–H and O–H groups in total. The highest BCUT2D eigenvalue weighted by Crippen LogP contribution is 2.25. The average molecular weight is 443 g/mol. The average Bonchev–Trinajstić information content (AvgIpc) is 3.01. The van der Waals surface area contributed by atoms with Crippen LogP contribution in [0.5, 0.6) is 0 Å². The van der Waals surface area contributed by atoms with Crippen LogP contribution in [0.4, 0.5) is 0 Å². The molecule has 0 saturated carbocycles. The Morgan fingerprint density at radius 3 is 1.90 bits per heavy atom. The maximum Gasteiger partial charge on any atom is 0.378 e. The van der Waals surface area contributed by atoms with E-state index in [1.54, 1.807) is 0 Å². The van der Waals surface area contributed by atoms with Crippen molar-refractivity contribution in [2.45, 2.75) is 116 Å². The van der Waals surface area contributed by atoms with Crippen LogP contribution >= 0.6 is 0 Å². The largest absolute Gasteiger partial charge is 0.499 e. The van der Waals surface area contributed by atoms with Crippen LogP contribution in [0.25, 0.3) is 0 Å². The third-order valence-electron chi connectivity index (χ3n) is 5.59. The zero-order valence-corrected chi connectivity index (χ0v) is 19.3. The molecule has 0 bridgehead atoms. The molecule has 180 valence electrons. The zero-order chi connectivity index (χ0) is 23.1. The van der Waals surface area contributed by atoms with Gasteiger partial charge in [-0.2, -0.15) is 0 Å². The van der Waals surface area contributed by atoms with Gasteiger partial charge in [-0.15, -0.1) is 0 Å². The fourth-order valence-corrected chi connectivity index (χ4v) is 3.68. The van der Waals surface area contributed by atoms with Gasteiger partial charge in [0.25, 0.3) is 0 Å². The summed E-state index contributed by atoms with van der Waals surface area (Å²) in [5.74, 6) is -2.10. The van der Waals surface area contributed by atoms with Crippen molar-refractivity contribution in [2.75, 3.05) is 6.61 Å². The van der Waals surface area contributed by atoms with E-state index in [-0.39, 0.29) is 6.42 Å². The molecule has 1 aliphatic rings. The van der Waals surface area contributed by atoms with Crippen LogP contribution in [0.15, 0.2) is 11.5 Å². The third-order valence-corrected chi connectivity index (χ3v) is 5.59. The standard InChI is InChI=1S/C24H42O7/c1-18(2)15-13-11-9-7-5-3-4-6-8-10-12-14-16-20(27)30-23-21(28)24(29)31-22(23)19(26)17-25/h18-19,22,25-26,28H,3-17H2,1-2H3/t19-,22+/m0/s1. The topological polar surface area (TPSA) is 113 Å². The molecule has 0 aliphatic carbocycles. The predicted molar refractivity (Wildman–Crippen MR) is 118 cm³/mol. The lowest BCUT2D eigenvalue weighted by Gasteiger charge is -2.17. The minimum absolute atomic E-state index is 0.156. The molecule has 0 aromatic carbocycles. The first-order valence-corrected chi connectivity index (χ1v) is 12.0. The zero-order valence-electron chi connectivity index (χ0n) is 19.3. The number of unbranched alkanes of at least 4 members (excludes halogenated alkanes) is 11. The third kappa shape index (κ3) is 11.5. The second kappa shape index (κ2) is 16.1. The minimum atomic E-state index is -1.46. The molecule has 1 heterocycles. The Morgan fingerprint density at radius 2 is 1.42 bits per heavy atom. The number of carbonyl (C=O) groups is 2. The van der Waals surface area contributed by atoms with E-state index in [0.29, 0.717) is 6.42 Å². The fourth-order valence-electron chi connectivity index (χ4n) is 3.68. The van der Waals surface area contributed by atoms with Crippen molar-refractivity contribution in [1.29, 1.82) is 0 Å². The number of aliphatic hydroxyl groups is 3. The summed E-state index contributed by atoms with van der Waals surface area (Å²) < 4.78 is 9.74. The van der Waals surface area contributed by atoms with Gasteiger partial charge in [0.15, 0.2) is 6.10 Å². The van der Waals surface area contributed by atoms with Crippen molar-refractivity contribution in [3.05, 3.63) is 11.5 Å². The number of hydrogen-bond acceptors (Lipinski definition) is 7. The summed E-state index contributed by atoms with van der Waals surface area (Å²) in [6, 6.07) is 0. The van der Waals surface area contributed by atoms with Crippen molar-refractivity contribution in [1.82, 2.24) is 0 Å². The van der Waals surface area contributed by atoms with Crippen LogP contribution in [0.3, 0.4) is 0 Å². The predicted octanol–water partition coefficient (Wildman–Crippen LogP) is 4.70. The molecule has 7 heteroatoms. The Labute approximate surface area is 186 Å². The Bertz CT molecular complexity index is 556. The summed E-state index contributed by atoms with van der Waals surface area (Å²) in [5, 5.41) is 28.3. The summed E-state index contributed by atoms with van der Waals surface area (Å²) in [4.78, 5) is 23.4. The fraction of sp³-hybridized carbons (Fsp3) is 0.833. The van der Waals surface area contributed by atoms with Gasteiger partial charge in [-0.25, -0.2) is 4.79 Å². The van der Waals surface area contributed by atoms with Gasteiger partial charge in [0.2, 0.25) is 11.5 Å². The van der Waals surface area contributed by atoms with Gasteiger partial charge in [0.1, 0.15) is 6.10 Å². The van der Waals surface area contributed by atoms with Crippen molar-refractivity contribution in [2.24, 2.45) is 5.92 Å². The second-order valence-electron chi connectivity index (χ2n) is 8.94. The smallest absolute Gasteiger partial charge is 0.378 e. The summed E-state index contributed by atoms with van der Waals surface area (Å²) in [6.45, 7) is 3.88. The number of esters is 2. The summed E-state index contributed by atoms with van der Waals surface area (Å²) in [5.41, 5.74) is 0. The monoisotopic (exact) mass is 442 g/mol. The highest BCUT2D eigenvalue weighted by atomic mass is 16.6. The number of aliphatic hydroxyl groups excluding tert-OH is 3. The quantitative estimate of drug-likeness (QED) is 0.208. The van der Waals surface area contributed by atoms with E-state index < -0.39 is 42.3 Å². The second-order valence-corrected chi connectivity index (χ2v) is 8.94. The van der Waals surface area contributed by atoms with Crippen LogP contribution < -0.4 is 0 Å².